The number of carbonyl (C=O) groups is 3. The highest BCUT2D eigenvalue weighted by Gasteiger charge is 2.37. The molecule has 3 rings (SSSR count). The highest BCUT2D eigenvalue weighted by atomic mass is 16.6. The van der Waals surface area contributed by atoms with Crippen molar-refractivity contribution in [3.05, 3.63) is 53.9 Å². The summed E-state index contributed by atoms with van der Waals surface area (Å²) in [5, 5.41) is 6.86. The van der Waals surface area contributed by atoms with E-state index in [1.807, 2.05) is 0 Å². The highest BCUT2D eigenvalue weighted by Crippen LogP contribution is 2.22. The third-order valence-corrected chi connectivity index (χ3v) is 3.97. The number of rotatable bonds is 5. The molecule has 0 fully saturated rings. The highest BCUT2D eigenvalue weighted by molar-refractivity contribution is 6.21. The normalized spacial score (nSPS) is 14.9. The molecule has 1 aliphatic rings. The van der Waals surface area contributed by atoms with Gasteiger partial charge < -0.3 is 10.1 Å². The van der Waals surface area contributed by atoms with E-state index in [0.717, 1.165) is 4.90 Å². The second-order valence-corrected chi connectivity index (χ2v) is 7.34. The Morgan fingerprint density at radius 1 is 1.11 bits per heavy atom. The molecule has 0 saturated heterocycles. The van der Waals surface area contributed by atoms with Gasteiger partial charge in [0.25, 0.3) is 11.8 Å². The van der Waals surface area contributed by atoms with E-state index >= 15 is 0 Å². The van der Waals surface area contributed by atoms with Crippen molar-refractivity contribution in [3.8, 4) is 0 Å². The number of aromatic nitrogens is 2. The van der Waals surface area contributed by atoms with Crippen LogP contribution in [0, 0.1) is 0 Å². The Labute approximate surface area is 157 Å². The summed E-state index contributed by atoms with van der Waals surface area (Å²) >= 11 is 0. The fraction of sp³-hybridized carbons (Fsp3) is 0.368. The van der Waals surface area contributed by atoms with Gasteiger partial charge >= 0.3 is 6.09 Å². The minimum absolute atomic E-state index is 0.0193. The lowest BCUT2D eigenvalue weighted by atomic mass is 10.1. The van der Waals surface area contributed by atoms with Crippen LogP contribution in [0.5, 0.6) is 0 Å². The van der Waals surface area contributed by atoms with Crippen molar-refractivity contribution < 1.29 is 19.1 Å². The molecule has 0 unspecified atom stereocenters. The lowest BCUT2D eigenvalue weighted by Crippen LogP contribution is -2.49. The number of fused-ring (bicyclic) bond motifs is 1. The van der Waals surface area contributed by atoms with Gasteiger partial charge in [-0.2, -0.15) is 5.10 Å². The molecule has 1 aliphatic heterocycles. The van der Waals surface area contributed by atoms with E-state index in [1.54, 1.807) is 68.2 Å². The Morgan fingerprint density at radius 3 is 2.26 bits per heavy atom. The van der Waals surface area contributed by atoms with Crippen LogP contribution < -0.4 is 5.32 Å². The lowest BCUT2D eigenvalue weighted by Gasteiger charge is -2.26. The summed E-state index contributed by atoms with van der Waals surface area (Å²) in [6.45, 7) is 5.60. The van der Waals surface area contributed by atoms with Gasteiger partial charge in [0.15, 0.2) is 0 Å². The van der Waals surface area contributed by atoms with Crippen molar-refractivity contribution in [3.63, 3.8) is 0 Å². The summed E-state index contributed by atoms with van der Waals surface area (Å²) in [4.78, 5) is 38.5. The van der Waals surface area contributed by atoms with Crippen molar-refractivity contribution in [2.75, 3.05) is 6.54 Å². The Bertz CT molecular complexity index is 820. The number of alkyl carbamates (subject to hydrolysis) is 1. The molecule has 1 N–H and O–H groups in total. The predicted octanol–water partition coefficient (Wildman–Crippen LogP) is 2.07. The SMILES string of the molecule is CC(C)(C)OC(=O)N[C@@H](CN1C(=O)c2ccccc2C1=O)Cn1cccn1. The third-order valence-electron chi connectivity index (χ3n) is 3.97. The molecule has 0 saturated carbocycles. The largest absolute Gasteiger partial charge is 0.444 e. The molecule has 8 nitrogen and oxygen atoms in total. The number of hydrogen-bond donors (Lipinski definition) is 1. The van der Waals surface area contributed by atoms with Crippen LogP contribution in [-0.2, 0) is 11.3 Å². The van der Waals surface area contributed by atoms with Crippen LogP contribution in [0.25, 0.3) is 0 Å². The molecule has 0 bridgehead atoms. The van der Waals surface area contributed by atoms with Crippen molar-refractivity contribution >= 4 is 17.9 Å². The number of hydrogen-bond acceptors (Lipinski definition) is 5. The van der Waals surface area contributed by atoms with Crippen molar-refractivity contribution in [1.29, 1.82) is 0 Å². The molecule has 1 aromatic heterocycles. The summed E-state index contributed by atoms with van der Waals surface area (Å²) in [7, 11) is 0. The van der Waals surface area contributed by atoms with Crippen LogP contribution in [0.4, 0.5) is 4.79 Å². The standard InChI is InChI=1S/C19H22N4O4/c1-19(2,3)27-18(26)21-13(11-22-10-6-9-20-22)12-23-16(24)14-7-4-5-8-15(14)17(23)25/h4-10,13H,11-12H2,1-3H3,(H,21,26)/t13-/m1/s1. The topological polar surface area (TPSA) is 93.5 Å². The van der Waals surface area contributed by atoms with Crippen molar-refractivity contribution in [1.82, 2.24) is 20.0 Å². The van der Waals surface area contributed by atoms with Gasteiger partial charge in [-0.15, -0.1) is 0 Å². The quantitative estimate of drug-likeness (QED) is 0.813. The molecule has 27 heavy (non-hydrogen) atoms. The zero-order valence-electron chi connectivity index (χ0n) is 15.5. The summed E-state index contributed by atoms with van der Waals surface area (Å²) < 4.78 is 6.92. The van der Waals surface area contributed by atoms with Crippen LogP contribution in [0.15, 0.2) is 42.7 Å². The Hall–Kier alpha value is -3.16. The number of carbonyl (C=O) groups excluding carboxylic acids is 3. The van der Waals surface area contributed by atoms with Crippen LogP contribution >= 0.6 is 0 Å². The minimum Gasteiger partial charge on any atom is -0.444 e. The first kappa shape index (κ1) is 18.6. The van der Waals surface area contributed by atoms with Gasteiger partial charge in [0, 0.05) is 12.4 Å². The fourth-order valence-corrected chi connectivity index (χ4v) is 2.88. The molecule has 0 spiro atoms. The number of amides is 3. The molecule has 142 valence electrons. The van der Waals surface area contributed by atoms with Gasteiger partial charge in [-0.3, -0.25) is 19.2 Å². The van der Waals surface area contributed by atoms with E-state index in [0.29, 0.717) is 17.7 Å². The summed E-state index contributed by atoms with van der Waals surface area (Å²) in [5.41, 5.74) is 0.0887. The van der Waals surface area contributed by atoms with Gasteiger partial charge in [-0.1, -0.05) is 12.1 Å². The fourth-order valence-electron chi connectivity index (χ4n) is 2.88. The number of imide groups is 1. The van der Waals surface area contributed by atoms with Crippen LogP contribution in [0.1, 0.15) is 41.5 Å². The number of nitrogens with one attached hydrogen (secondary N) is 1. The molecular weight excluding hydrogens is 348 g/mol. The number of ether oxygens (including phenoxy) is 1. The van der Waals surface area contributed by atoms with Gasteiger partial charge in [0.1, 0.15) is 5.60 Å². The molecule has 2 heterocycles. The third kappa shape index (κ3) is 4.33. The molecule has 0 aliphatic carbocycles. The summed E-state index contributed by atoms with van der Waals surface area (Å²) in [6.07, 6.45) is 2.75. The molecular formula is C19H22N4O4. The van der Waals surface area contributed by atoms with Crippen molar-refractivity contribution in [2.24, 2.45) is 0 Å². The van der Waals surface area contributed by atoms with Crippen LogP contribution in [0.2, 0.25) is 0 Å². The zero-order chi connectivity index (χ0) is 19.6. The predicted molar refractivity (Wildman–Crippen MR) is 97.2 cm³/mol. The van der Waals surface area contributed by atoms with E-state index in [9.17, 15) is 14.4 Å². The second kappa shape index (κ2) is 7.22. The number of nitrogens with zero attached hydrogens (tertiary/aromatic N) is 3. The van der Waals surface area contributed by atoms with E-state index in [-0.39, 0.29) is 18.4 Å². The molecule has 1 aromatic carbocycles. The molecule has 0 radical (unpaired) electrons. The van der Waals surface area contributed by atoms with E-state index in [1.165, 1.54) is 0 Å². The van der Waals surface area contributed by atoms with E-state index < -0.39 is 17.7 Å². The number of benzene rings is 1. The zero-order valence-corrected chi connectivity index (χ0v) is 15.5. The van der Waals surface area contributed by atoms with Gasteiger partial charge in [0.2, 0.25) is 0 Å². The maximum Gasteiger partial charge on any atom is 0.407 e. The first-order chi connectivity index (χ1) is 12.7. The first-order valence-electron chi connectivity index (χ1n) is 8.67. The van der Waals surface area contributed by atoms with E-state index in [2.05, 4.69) is 10.4 Å². The Kier molecular flexibility index (Phi) is 4.98. The monoisotopic (exact) mass is 370 g/mol. The Morgan fingerprint density at radius 2 is 1.74 bits per heavy atom. The smallest absolute Gasteiger partial charge is 0.407 e. The van der Waals surface area contributed by atoms with Crippen LogP contribution in [0.3, 0.4) is 0 Å². The molecule has 1 atom stereocenters. The van der Waals surface area contributed by atoms with Gasteiger partial charge in [0.05, 0.1) is 30.3 Å². The summed E-state index contributed by atoms with van der Waals surface area (Å²) in [5.74, 6) is -0.737. The maximum absolute atomic E-state index is 12.6. The molecule has 3 amide bonds. The molecule has 2 aromatic rings. The maximum atomic E-state index is 12.6. The van der Waals surface area contributed by atoms with Crippen molar-refractivity contribution in [2.45, 2.75) is 39.0 Å². The summed E-state index contributed by atoms with van der Waals surface area (Å²) in [6, 6.07) is 7.88. The Balaban J connectivity index is 1.76. The average Bonchev–Trinajstić information content (AvgIpc) is 3.16. The minimum atomic E-state index is -0.657. The van der Waals surface area contributed by atoms with Crippen LogP contribution in [-0.4, -0.2) is 50.8 Å². The molecule has 8 heteroatoms. The van der Waals surface area contributed by atoms with Gasteiger partial charge in [-0.25, -0.2) is 4.79 Å². The first-order valence-corrected chi connectivity index (χ1v) is 8.67. The average molecular weight is 370 g/mol. The second-order valence-electron chi connectivity index (χ2n) is 7.34. The van der Waals surface area contributed by atoms with Gasteiger partial charge in [-0.05, 0) is 39.0 Å². The lowest BCUT2D eigenvalue weighted by molar-refractivity contribution is 0.0459. The van der Waals surface area contributed by atoms with E-state index in [4.69, 9.17) is 4.74 Å².